The molecule has 3 rings (SSSR count). The van der Waals surface area contributed by atoms with Crippen molar-refractivity contribution >= 4 is 23.3 Å². The molecule has 9 heteroatoms. The number of benzene rings is 2. The minimum atomic E-state index is -0.556. The zero-order valence-electron chi connectivity index (χ0n) is 32.5. The second-order valence-corrected chi connectivity index (χ2v) is 14.2. The minimum Gasteiger partial charge on any atom is -0.489 e. The summed E-state index contributed by atoms with van der Waals surface area (Å²) in [6, 6.07) is 14.0. The highest BCUT2D eigenvalue weighted by Gasteiger charge is 2.26. The van der Waals surface area contributed by atoms with E-state index in [4.69, 9.17) is 9.47 Å². The lowest BCUT2D eigenvalue weighted by molar-refractivity contribution is -0.115. The Kier molecular flexibility index (Phi) is 19.0. The van der Waals surface area contributed by atoms with Crippen LogP contribution in [0.1, 0.15) is 158 Å². The van der Waals surface area contributed by atoms with Gasteiger partial charge in [0.2, 0.25) is 5.91 Å². The van der Waals surface area contributed by atoms with E-state index in [-0.39, 0.29) is 17.5 Å². The van der Waals surface area contributed by atoms with Gasteiger partial charge >= 0.3 is 11.7 Å². The molecule has 1 aromatic heterocycles. The normalized spacial score (nSPS) is 11.2. The molecule has 0 spiro atoms. The molecule has 286 valence electrons. The number of carbonyl (C=O) groups excluding carboxylic acids is 3. The number of ether oxygens (including phenoxy) is 2. The van der Waals surface area contributed by atoms with E-state index in [1.165, 1.54) is 75.2 Å². The molecular formula is C43H63N3O6. The van der Waals surface area contributed by atoms with E-state index in [2.05, 4.69) is 12.2 Å². The summed E-state index contributed by atoms with van der Waals surface area (Å²) in [5.41, 5.74) is 1.81. The van der Waals surface area contributed by atoms with E-state index in [1.54, 1.807) is 29.8 Å². The van der Waals surface area contributed by atoms with Crippen LogP contribution in [0.15, 0.2) is 53.3 Å². The Hall–Kier alpha value is -4.14. The highest BCUT2D eigenvalue weighted by atomic mass is 16.5. The van der Waals surface area contributed by atoms with E-state index in [0.29, 0.717) is 35.8 Å². The van der Waals surface area contributed by atoms with Crippen molar-refractivity contribution in [3.63, 3.8) is 0 Å². The molecule has 0 unspecified atom stereocenters. The van der Waals surface area contributed by atoms with Gasteiger partial charge in [0.15, 0.2) is 5.78 Å². The van der Waals surface area contributed by atoms with Gasteiger partial charge in [-0.2, -0.15) is 0 Å². The van der Waals surface area contributed by atoms with Gasteiger partial charge in [0, 0.05) is 19.2 Å². The SMILES string of the molecule is CCCCCCCCCCCCCCCCOC(=O)c1ccc(NC(=O)CC(=O)c2c(-c3ccccc3)n(CCCC)c(=O)n2C)c(OC(C)C)c1. The van der Waals surface area contributed by atoms with Crippen LogP contribution in [-0.4, -0.2) is 39.5 Å². The Morgan fingerprint density at radius 2 is 1.33 bits per heavy atom. The van der Waals surface area contributed by atoms with Crippen molar-refractivity contribution < 1.29 is 23.9 Å². The average Bonchev–Trinajstić information content (AvgIpc) is 3.38. The van der Waals surface area contributed by atoms with Gasteiger partial charge in [-0.25, -0.2) is 9.59 Å². The first-order chi connectivity index (χ1) is 25.2. The first-order valence-corrected chi connectivity index (χ1v) is 19.8. The summed E-state index contributed by atoms with van der Waals surface area (Å²) in [7, 11) is 1.56. The largest absolute Gasteiger partial charge is 0.489 e. The van der Waals surface area contributed by atoms with Gasteiger partial charge in [0.1, 0.15) is 11.4 Å². The van der Waals surface area contributed by atoms with Crippen LogP contribution in [0.3, 0.4) is 0 Å². The number of nitrogens with zero attached hydrogens (tertiary/aromatic N) is 2. The number of amides is 1. The van der Waals surface area contributed by atoms with Crippen molar-refractivity contribution in [2.24, 2.45) is 7.05 Å². The number of anilines is 1. The first-order valence-electron chi connectivity index (χ1n) is 19.8. The van der Waals surface area contributed by atoms with Crippen molar-refractivity contribution in [1.82, 2.24) is 9.13 Å². The van der Waals surface area contributed by atoms with E-state index in [9.17, 15) is 19.2 Å². The lowest BCUT2D eigenvalue weighted by Gasteiger charge is -2.16. The van der Waals surface area contributed by atoms with Crippen molar-refractivity contribution in [3.05, 3.63) is 70.3 Å². The zero-order valence-corrected chi connectivity index (χ0v) is 32.5. The van der Waals surface area contributed by atoms with Crippen LogP contribution in [-0.2, 0) is 23.1 Å². The number of aromatic nitrogens is 2. The van der Waals surface area contributed by atoms with Gasteiger partial charge in [-0.15, -0.1) is 0 Å². The molecule has 0 aliphatic carbocycles. The Morgan fingerprint density at radius 1 is 0.750 bits per heavy atom. The number of hydrogen-bond acceptors (Lipinski definition) is 6. The fourth-order valence-corrected chi connectivity index (χ4v) is 6.46. The molecule has 0 saturated carbocycles. The molecule has 9 nitrogen and oxygen atoms in total. The lowest BCUT2D eigenvalue weighted by atomic mass is 10.0. The molecule has 0 atom stereocenters. The number of Topliss-reactive ketones (excluding diaryl/α,β-unsaturated/α-hetero) is 1. The van der Waals surface area contributed by atoms with Crippen LogP contribution in [0.4, 0.5) is 5.69 Å². The summed E-state index contributed by atoms with van der Waals surface area (Å²) >= 11 is 0. The summed E-state index contributed by atoms with van der Waals surface area (Å²) in [6.07, 6.45) is 18.6. The van der Waals surface area contributed by atoms with E-state index < -0.39 is 24.1 Å². The fourth-order valence-electron chi connectivity index (χ4n) is 6.46. The number of unbranched alkanes of at least 4 members (excludes halogenated alkanes) is 14. The molecule has 2 aromatic carbocycles. The quantitative estimate of drug-likeness (QED) is 0.0383. The highest BCUT2D eigenvalue weighted by Crippen LogP contribution is 2.29. The predicted molar refractivity (Wildman–Crippen MR) is 210 cm³/mol. The first kappa shape index (κ1) is 42.3. The molecule has 1 amide bonds. The van der Waals surface area contributed by atoms with E-state index in [1.807, 2.05) is 51.1 Å². The summed E-state index contributed by atoms with van der Waals surface area (Å²) in [5, 5.41) is 2.79. The number of esters is 1. The summed E-state index contributed by atoms with van der Waals surface area (Å²) in [6.45, 7) is 8.83. The second kappa shape index (κ2) is 23.4. The maximum absolute atomic E-state index is 13.7. The fraction of sp³-hybridized carbons (Fsp3) is 0.581. The molecule has 0 aliphatic heterocycles. The standard InChI is InChI=1S/C43H63N3O6/c1-6-8-10-11-12-13-14-15-16-17-18-19-20-24-30-51-42(49)35-27-28-36(38(31-35)52-33(3)4)44-39(48)32-37(47)41-40(34-25-22-21-23-26-34)46(29-9-7-2)43(50)45(41)5/h21-23,25-28,31,33H,6-20,24,29-30,32H2,1-5H3,(H,44,48). The number of ketones is 1. The summed E-state index contributed by atoms with van der Waals surface area (Å²) < 4.78 is 14.5. The smallest absolute Gasteiger partial charge is 0.338 e. The van der Waals surface area contributed by atoms with Gasteiger partial charge in [0.05, 0.1) is 36.1 Å². The van der Waals surface area contributed by atoms with Crippen LogP contribution < -0.4 is 15.7 Å². The topological polar surface area (TPSA) is 109 Å². The van der Waals surface area contributed by atoms with Gasteiger partial charge in [-0.05, 0) is 44.9 Å². The molecular weight excluding hydrogens is 654 g/mol. The van der Waals surface area contributed by atoms with Crippen molar-refractivity contribution in [3.8, 4) is 17.0 Å². The van der Waals surface area contributed by atoms with Gasteiger partial charge < -0.3 is 14.8 Å². The molecule has 1 heterocycles. The number of nitrogens with one attached hydrogen (secondary N) is 1. The molecule has 0 bridgehead atoms. The van der Waals surface area contributed by atoms with Gasteiger partial charge in [0.25, 0.3) is 0 Å². The third-order valence-electron chi connectivity index (χ3n) is 9.30. The van der Waals surface area contributed by atoms with Gasteiger partial charge in [-0.3, -0.25) is 18.7 Å². The van der Waals surface area contributed by atoms with Crippen molar-refractivity contribution in [1.29, 1.82) is 0 Å². The maximum atomic E-state index is 13.7. The number of carbonyl (C=O) groups is 3. The Labute approximate surface area is 311 Å². The van der Waals surface area contributed by atoms with Crippen LogP contribution in [0, 0.1) is 0 Å². The zero-order chi connectivity index (χ0) is 37.7. The van der Waals surface area contributed by atoms with Gasteiger partial charge in [-0.1, -0.05) is 134 Å². The molecule has 52 heavy (non-hydrogen) atoms. The number of hydrogen-bond donors (Lipinski definition) is 1. The third kappa shape index (κ3) is 13.8. The summed E-state index contributed by atoms with van der Waals surface area (Å²) in [4.78, 5) is 53.0. The Balaban J connectivity index is 1.52. The van der Waals surface area contributed by atoms with Crippen molar-refractivity contribution in [2.75, 3.05) is 11.9 Å². The minimum absolute atomic E-state index is 0.193. The van der Waals surface area contributed by atoms with E-state index in [0.717, 1.165) is 37.7 Å². The third-order valence-corrected chi connectivity index (χ3v) is 9.30. The molecule has 1 N–H and O–H groups in total. The van der Waals surface area contributed by atoms with Crippen LogP contribution in [0.25, 0.3) is 11.3 Å². The number of rotatable bonds is 26. The molecule has 0 saturated heterocycles. The average molecular weight is 718 g/mol. The second-order valence-electron chi connectivity index (χ2n) is 14.2. The monoisotopic (exact) mass is 717 g/mol. The highest BCUT2D eigenvalue weighted by molar-refractivity contribution is 6.13. The molecule has 0 fully saturated rings. The Bertz CT molecular complexity index is 1590. The van der Waals surface area contributed by atoms with Crippen LogP contribution >= 0.6 is 0 Å². The van der Waals surface area contributed by atoms with Crippen molar-refractivity contribution in [2.45, 2.75) is 149 Å². The molecule has 0 aliphatic rings. The molecule has 0 radical (unpaired) electrons. The van der Waals surface area contributed by atoms with Crippen LogP contribution in [0.2, 0.25) is 0 Å². The van der Waals surface area contributed by atoms with E-state index >= 15 is 0 Å². The lowest BCUT2D eigenvalue weighted by Crippen LogP contribution is -2.24. The van der Waals surface area contributed by atoms with Crippen LogP contribution in [0.5, 0.6) is 5.75 Å². The molecule has 3 aromatic rings. The summed E-state index contributed by atoms with van der Waals surface area (Å²) in [5.74, 6) is -1.16. The predicted octanol–water partition coefficient (Wildman–Crippen LogP) is 10.3. The Morgan fingerprint density at radius 3 is 1.90 bits per heavy atom. The number of imidazole rings is 1. The maximum Gasteiger partial charge on any atom is 0.338 e.